The molecule has 2 aromatic heterocycles. The molecular weight excluding hydrogens is 358 g/mol. The summed E-state index contributed by atoms with van der Waals surface area (Å²) in [6.45, 7) is 3.29. The average molecular weight is 381 g/mol. The van der Waals surface area contributed by atoms with Crippen molar-refractivity contribution in [1.82, 2.24) is 15.0 Å². The van der Waals surface area contributed by atoms with Crippen LogP contribution in [0.25, 0.3) is 0 Å². The van der Waals surface area contributed by atoms with Crippen molar-refractivity contribution in [2.75, 3.05) is 10.2 Å². The highest BCUT2D eigenvalue weighted by molar-refractivity contribution is 5.61. The molecule has 0 bridgehead atoms. The van der Waals surface area contributed by atoms with Gasteiger partial charge in [-0.3, -0.25) is 4.98 Å². The molecule has 0 aliphatic rings. The van der Waals surface area contributed by atoms with Gasteiger partial charge in [-0.25, -0.2) is 4.98 Å². The van der Waals surface area contributed by atoms with Gasteiger partial charge in [-0.05, 0) is 36.8 Å². The van der Waals surface area contributed by atoms with Gasteiger partial charge < -0.3 is 10.2 Å². The predicted molar refractivity (Wildman–Crippen MR) is 117 cm³/mol. The summed E-state index contributed by atoms with van der Waals surface area (Å²) in [7, 11) is 0. The highest BCUT2D eigenvalue weighted by atomic mass is 15.2. The first-order valence-electron chi connectivity index (χ1n) is 9.64. The molecule has 0 spiro atoms. The second-order valence-electron chi connectivity index (χ2n) is 6.77. The van der Waals surface area contributed by atoms with Gasteiger partial charge in [0.2, 0.25) is 5.95 Å². The molecule has 0 aliphatic heterocycles. The molecule has 29 heavy (non-hydrogen) atoms. The van der Waals surface area contributed by atoms with E-state index in [1.54, 1.807) is 6.20 Å². The minimum absolute atomic E-state index is 0.577. The van der Waals surface area contributed by atoms with E-state index in [1.807, 2.05) is 55.5 Å². The third kappa shape index (κ3) is 4.96. The highest BCUT2D eigenvalue weighted by Crippen LogP contribution is 2.27. The van der Waals surface area contributed by atoms with Gasteiger partial charge in [-0.15, -0.1) is 0 Å². The van der Waals surface area contributed by atoms with Crippen LogP contribution in [0.2, 0.25) is 0 Å². The Morgan fingerprint density at radius 1 is 0.828 bits per heavy atom. The van der Waals surface area contributed by atoms with Crippen molar-refractivity contribution in [2.45, 2.75) is 20.0 Å². The topological polar surface area (TPSA) is 53.9 Å². The molecule has 144 valence electrons. The van der Waals surface area contributed by atoms with Crippen LogP contribution in [0.15, 0.2) is 91.1 Å². The number of anilines is 3. The lowest BCUT2D eigenvalue weighted by Crippen LogP contribution is -2.19. The molecule has 0 aliphatic carbocycles. The van der Waals surface area contributed by atoms with Crippen molar-refractivity contribution in [3.8, 4) is 0 Å². The molecule has 2 heterocycles. The maximum atomic E-state index is 4.80. The molecule has 0 radical (unpaired) electrons. The second kappa shape index (κ2) is 8.97. The van der Waals surface area contributed by atoms with Crippen LogP contribution in [0.3, 0.4) is 0 Å². The minimum atomic E-state index is 0.577. The van der Waals surface area contributed by atoms with Crippen LogP contribution in [-0.2, 0) is 13.1 Å². The smallest absolute Gasteiger partial charge is 0.225 e. The van der Waals surface area contributed by atoms with Crippen molar-refractivity contribution in [1.29, 1.82) is 0 Å². The monoisotopic (exact) mass is 381 g/mol. The standard InChI is InChI=1S/C24H23N5/c1-19-16-23(28-24(27-19)26-17-21-12-8-9-15-25-21)29(22-13-6-3-7-14-22)18-20-10-4-2-5-11-20/h2-16H,17-18H2,1H3,(H,26,27,28). The maximum Gasteiger partial charge on any atom is 0.225 e. The van der Waals surface area contributed by atoms with E-state index in [9.17, 15) is 0 Å². The van der Waals surface area contributed by atoms with E-state index in [4.69, 9.17) is 4.98 Å². The van der Waals surface area contributed by atoms with Crippen LogP contribution in [0, 0.1) is 6.92 Å². The molecule has 0 saturated heterocycles. The molecule has 1 N–H and O–H groups in total. The first kappa shape index (κ1) is 18.6. The summed E-state index contributed by atoms with van der Waals surface area (Å²) in [6.07, 6.45) is 1.79. The van der Waals surface area contributed by atoms with Crippen molar-refractivity contribution < 1.29 is 0 Å². The number of aromatic nitrogens is 3. The van der Waals surface area contributed by atoms with Crippen LogP contribution < -0.4 is 10.2 Å². The van der Waals surface area contributed by atoms with Crippen LogP contribution in [0.4, 0.5) is 17.5 Å². The minimum Gasteiger partial charge on any atom is -0.349 e. The van der Waals surface area contributed by atoms with E-state index in [-0.39, 0.29) is 0 Å². The Bertz CT molecular complexity index is 1040. The summed E-state index contributed by atoms with van der Waals surface area (Å²) in [5.74, 6) is 1.45. The molecule has 2 aromatic carbocycles. The number of rotatable bonds is 7. The fraction of sp³-hybridized carbons (Fsp3) is 0.125. The zero-order chi connectivity index (χ0) is 19.9. The summed E-state index contributed by atoms with van der Waals surface area (Å²) in [5, 5.41) is 3.30. The Morgan fingerprint density at radius 3 is 2.28 bits per heavy atom. The fourth-order valence-electron chi connectivity index (χ4n) is 3.12. The van der Waals surface area contributed by atoms with Crippen molar-refractivity contribution in [2.24, 2.45) is 0 Å². The van der Waals surface area contributed by atoms with E-state index in [0.717, 1.165) is 29.4 Å². The Hall–Kier alpha value is -3.73. The van der Waals surface area contributed by atoms with E-state index in [2.05, 4.69) is 56.6 Å². The molecule has 4 aromatic rings. The Morgan fingerprint density at radius 2 is 1.55 bits per heavy atom. The van der Waals surface area contributed by atoms with Crippen molar-refractivity contribution in [3.05, 3.63) is 108 Å². The van der Waals surface area contributed by atoms with Gasteiger partial charge in [0, 0.05) is 30.2 Å². The molecule has 5 heteroatoms. The van der Waals surface area contributed by atoms with E-state index >= 15 is 0 Å². The van der Waals surface area contributed by atoms with Gasteiger partial charge in [0.05, 0.1) is 12.2 Å². The largest absolute Gasteiger partial charge is 0.349 e. The zero-order valence-electron chi connectivity index (χ0n) is 16.4. The van der Waals surface area contributed by atoms with Crippen LogP contribution >= 0.6 is 0 Å². The van der Waals surface area contributed by atoms with Gasteiger partial charge in [-0.1, -0.05) is 54.6 Å². The SMILES string of the molecule is Cc1cc(N(Cc2ccccc2)c2ccccc2)nc(NCc2ccccn2)n1. The third-order valence-electron chi connectivity index (χ3n) is 4.52. The van der Waals surface area contributed by atoms with Gasteiger partial charge in [-0.2, -0.15) is 4.98 Å². The molecule has 0 amide bonds. The summed E-state index contributed by atoms with van der Waals surface area (Å²) in [5.41, 5.74) is 4.16. The summed E-state index contributed by atoms with van der Waals surface area (Å²) < 4.78 is 0. The number of para-hydroxylation sites is 1. The van der Waals surface area contributed by atoms with Crippen molar-refractivity contribution >= 4 is 17.5 Å². The van der Waals surface area contributed by atoms with Gasteiger partial charge >= 0.3 is 0 Å². The number of hydrogen-bond donors (Lipinski definition) is 1. The van der Waals surface area contributed by atoms with Crippen LogP contribution in [-0.4, -0.2) is 15.0 Å². The first-order chi connectivity index (χ1) is 14.3. The quantitative estimate of drug-likeness (QED) is 0.481. The second-order valence-corrected chi connectivity index (χ2v) is 6.77. The summed E-state index contributed by atoms with van der Waals surface area (Å²) in [6, 6.07) is 28.6. The first-order valence-corrected chi connectivity index (χ1v) is 9.64. The molecule has 0 saturated carbocycles. The maximum absolute atomic E-state index is 4.80. The molecule has 0 fully saturated rings. The normalized spacial score (nSPS) is 10.5. The van der Waals surface area contributed by atoms with E-state index in [0.29, 0.717) is 12.5 Å². The summed E-state index contributed by atoms with van der Waals surface area (Å²) >= 11 is 0. The van der Waals surface area contributed by atoms with E-state index in [1.165, 1.54) is 5.56 Å². The predicted octanol–water partition coefficient (Wildman–Crippen LogP) is 5.13. The third-order valence-corrected chi connectivity index (χ3v) is 4.52. The Labute approximate surface area is 171 Å². The lowest BCUT2D eigenvalue weighted by molar-refractivity contribution is 0.921. The van der Waals surface area contributed by atoms with Crippen LogP contribution in [0.5, 0.6) is 0 Å². The van der Waals surface area contributed by atoms with Gasteiger partial charge in [0.15, 0.2) is 0 Å². The number of aryl methyl sites for hydroxylation is 1. The number of hydrogen-bond acceptors (Lipinski definition) is 5. The van der Waals surface area contributed by atoms with Gasteiger partial charge in [0.25, 0.3) is 0 Å². The Kier molecular flexibility index (Phi) is 5.76. The van der Waals surface area contributed by atoms with E-state index < -0.39 is 0 Å². The molecular formula is C24H23N5. The summed E-state index contributed by atoms with van der Waals surface area (Å²) in [4.78, 5) is 15.9. The van der Waals surface area contributed by atoms with Crippen LogP contribution in [0.1, 0.15) is 17.0 Å². The van der Waals surface area contributed by atoms with Crippen molar-refractivity contribution in [3.63, 3.8) is 0 Å². The molecule has 4 rings (SSSR count). The average Bonchev–Trinajstić information content (AvgIpc) is 2.78. The number of nitrogens with zero attached hydrogens (tertiary/aromatic N) is 4. The Balaban J connectivity index is 1.64. The number of nitrogens with one attached hydrogen (secondary N) is 1. The zero-order valence-corrected chi connectivity index (χ0v) is 16.4. The molecule has 0 atom stereocenters. The highest BCUT2D eigenvalue weighted by Gasteiger charge is 2.14. The lowest BCUT2D eigenvalue weighted by atomic mass is 10.2. The number of pyridine rings is 1. The molecule has 0 unspecified atom stereocenters. The van der Waals surface area contributed by atoms with Gasteiger partial charge in [0.1, 0.15) is 5.82 Å². The fourth-order valence-corrected chi connectivity index (χ4v) is 3.12. The number of benzene rings is 2. The molecule has 5 nitrogen and oxygen atoms in total. The lowest BCUT2D eigenvalue weighted by Gasteiger charge is -2.25.